The number of hydrogen-bond acceptors (Lipinski definition) is 6. The first-order valence-corrected chi connectivity index (χ1v) is 8.94. The van der Waals surface area contributed by atoms with Gasteiger partial charge in [-0.05, 0) is 31.7 Å². The third-order valence-corrected chi connectivity index (χ3v) is 5.66. The van der Waals surface area contributed by atoms with Crippen LogP contribution in [-0.2, 0) is 20.7 Å². The van der Waals surface area contributed by atoms with E-state index in [4.69, 9.17) is 4.74 Å². The number of amides is 1. The Morgan fingerprint density at radius 1 is 1.25 bits per heavy atom. The third-order valence-electron chi connectivity index (χ3n) is 4.59. The molecule has 1 N–H and O–H groups in total. The summed E-state index contributed by atoms with van der Waals surface area (Å²) in [7, 11) is 1.30. The molecular weight excluding hydrogens is 330 g/mol. The second-order valence-electron chi connectivity index (χ2n) is 5.99. The van der Waals surface area contributed by atoms with Gasteiger partial charge in [0.2, 0.25) is 5.91 Å². The molecule has 0 saturated heterocycles. The number of esters is 1. The average molecular weight is 352 g/mol. The van der Waals surface area contributed by atoms with Crippen molar-refractivity contribution in [2.24, 2.45) is 11.8 Å². The molecule has 1 saturated carbocycles. The van der Waals surface area contributed by atoms with Gasteiger partial charge in [-0.15, -0.1) is 11.3 Å². The highest BCUT2D eigenvalue weighted by Crippen LogP contribution is 2.36. The van der Waals surface area contributed by atoms with Crippen LogP contribution in [0.4, 0.5) is 5.00 Å². The number of carbonyl (C=O) groups excluding carboxylic acids is 3. The van der Waals surface area contributed by atoms with E-state index in [-0.39, 0.29) is 5.91 Å². The molecule has 132 valence electrons. The molecule has 0 bridgehead atoms. The first kappa shape index (κ1) is 18.4. The first-order valence-electron chi connectivity index (χ1n) is 8.12. The molecule has 0 aliphatic heterocycles. The minimum Gasteiger partial charge on any atom is -0.550 e. The van der Waals surface area contributed by atoms with Crippen LogP contribution in [0.15, 0.2) is 0 Å². The number of methoxy groups -OCH3 is 1. The van der Waals surface area contributed by atoms with Crippen LogP contribution in [-0.4, -0.2) is 25.0 Å². The molecule has 0 spiro atoms. The Morgan fingerprint density at radius 2 is 1.88 bits per heavy atom. The van der Waals surface area contributed by atoms with Crippen LogP contribution >= 0.6 is 11.3 Å². The van der Waals surface area contributed by atoms with Crippen molar-refractivity contribution in [3.63, 3.8) is 0 Å². The first-order chi connectivity index (χ1) is 11.4. The number of ether oxygens (including phenoxy) is 1. The Hall–Kier alpha value is -1.89. The highest BCUT2D eigenvalue weighted by atomic mass is 32.1. The molecule has 0 aromatic carbocycles. The molecule has 2 atom stereocenters. The maximum atomic E-state index is 12.6. The van der Waals surface area contributed by atoms with Gasteiger partial charge in [0.15, 0.2) is 0 Å². The van der Waals surface area contributed by atoms with Gasteiger partial charge in [0.1, 0.15) is 5.00 Å². The Balaban J connectivity index is 2.28. The van der Waals surface area contributed by atoms with Crippen molar-refractivity contribution in [1.29, 1.82) is 0 Å². The van der Waals surface area contributed by atoms with Crippen molar-refractivity contribution < 1.29 is 24.2 Å². The second kappa shape index (κ2) is 7.79. The smallest absolute Gasteiger partial charge is 0.341 e. The number of rotatable bonds is 5. The van der Waals surface area contributed by atoms with Gasteiger partial charge in [-0.25, -0.2) is 4.79 Å². The number of hydrogen-bond donors (Lipinski definition) is 1. The average Bonchev–Trinajstić information content (AvgIpc) is 2.88. The zero-order valence-corrected chi connectivity index (χ0v) is 15.0. The maximum Gasteiger partial charge on any atom is 0.341 e. The summed E-state index contributed by atoms with van der Waals surface area (Å²) in [6, 6.07) is 0. The lowest BCUT2D eigenvalue weighted by atomic mass is 9.79. The SMILES string of the molecule is CCc1c(C)sc(NC(=O)C2CCCCC2C(=O)[O-])c1C(=O)OC. The Labute approximate surface area is 145 Å². The minimum absolute atomic E-state index is 0.363. The fourth-order valence-corrected chi connectivity index (χ4v) is 4.48. The second-order valence-corrected chi connectivity index (χ2v) is 7.22. The highest BCUT2D eigenvalue weighted by molar-refractivity contribution is 7.16. The highest BCUT2D eigenvalue weighted by Gasteiger charge is 2.33. The van der Waals surface area contributed by atoms with Gasteiger partial charge in [0.25, 0.3) is 0 Å². The van der Waals surface area contributed by atoms with E-state index >= 15 is 0 Å². The fourth-order valence-electron chi connectivity index (χ4n) is 3.34. The van der Waals surface area contributed by atoms with Crippen LogP contribution < -0.4 is 10.4 Å². The number of aryl methyl sites for hydroxylation is 1. The molecule has 1 amide bonds. The molecule has 2 unspecified atom stereocenters. The van der Waals surface area contributed by atoms with Crippen LogP contribution in [0.1, 0.15) is 53.4 Å². The van der Waals surface area contributed by atoms with E-state index in [1.807, 2.05) is 13.8 Å². The van der Waals surface area contributed by atoms with Gasteiger partial charge in [-0.3, -0.25) is 4.79 Å². The van der Waals surface area contributed by atoms with Crippen molar-refractivity contribution in [1.82, 2.24) is 0 Å². The number of anilines is 1. The summed E-state index contributed by atoms with van der Waals surface area (Å²) in [5.74, 6) is -3.43. The van der Waals surface area contributed by atoms with E-state index in [9.17, 15) is 19.5 Å². The lowest BCUT2D eigenvalue weighted by Crippen LogP contribution is -2.42. The van der Waals surface area contributed by atoms with Crippen LogP contribution in [0, 0.1) is 18.8 Å². The van der Waals surface area contributed by atoms with Gasteiger partial charge in [-0.1, -0.05) is 19.8 Å². The van der Waals surface area contributed by atoms with E-state index in [2.05, 4.69) is 5.32 Å². The number of carboxylic acid groups (broad SMARTS) is 1. The van der Waals surface area contributed by atoms with E-state index in [1.165, 1.54) is 18.4 Å². The summed E-state index contributed by atoms with van der Waals surface area (Å²) in [5, 5.41) is 14.5. The molecule has 6 nitrogen and oxygen atoms in total. The molecule has 1 heterocycles. The molecule has 1 aliphatic rings. The van der Waals surface area contributed by atoms with Crippen molar-refractivity contribution in [2.75, 3.05) is 12.4 Å². The standard InChI is InChI=1S/C17H23NO5S/c1-4-10-9(2)24-15(13(10)17(22)23-3)18-14(19)11-7-5-6-8-12(11)16(20)21/h11-12H,4-8H2,1-3H3,(H,18,19)(H,20,21)/p-1. The third kappa shape index (κ3) is 3.61. The summed E-state index contributed by atoms with van der Waals surface area (Å²) in [6.45, 7) is 3.82. The lowest BCUT2D eigenvalue weighted by Gasteiger charge is -2.31. The normalized spacial score (nSPS) is 20.5. The summed E-state index contributed by atoms with van der Waals surface area (Å²) < 4.78 is 4.83. The minimum atomic E-state index is -1.18. The van der Waals surface area contributed by atoms with Gasteiger partial charge in [0, 0.05) is 22.7 Å². The van der Waals surface area contributed by atoms with E-state index in [1.54, 1.807) is 0 Å². The number of carboxylic acids is 1. The van der Waals surface area contributed by atoms with E-state index < -0.39 is 23.8 Å². The number of aliphatic carboxylic acids is 1. The predicted molar refractivity (Wildman–Crippen MR) is 88.9 cm³/mol. The van der Waals surface area contributed by atoms with Crippen molar-refractivity contribution in [3.8, 4) is 0 Å². The summed E-state index contributed by atoms with van der Waals surface area (Å²) >= 11 is 1.32. The van der Waals surface area contributed by atoms with Crippen molar-refractivity contribution >= 4 is 34.2 Å². The van der Waals surface area contributed by atoms with Gasteiger partial charge < -0.3 is 20.0 Å². The Kier molecular flexibility index (Phi) is 5.99. The zero-order valence-electron chi connectivity index (χ0n) is 14.1. The van der Waals surface area contributed by atoms with E-state index in [0.29, 0.717) is 29.8 Å². The van der Waals surface area contributed by atoms with Crippen LogP contribution in [0.3, 0.4) is 0 Å². The Morgan fingerprint density at radius 3 is 2.42 bits per heavy atom. The summed E-state index contributed by atoms with van der Waals surface area (Å²) in [5.41, 5.74) is 1.22. The summed E-state index contributed by atoms with van der Waals surface area (Å²) in [6.07, 6.45) is 3.22. The molecular formula is C17H22NO5S-. The van der Waals surface area contributed by atoms with Crippen LogP contribution in [0.25, 0.3) is 0 Å². The molecule has 1 aliphatic carbocycles. The van der Waals surface area contributed by atoms with Gasteiger partial charge in [0.05, 0.1) is 12.7 Å². The maximum absolute atomic E-state index is 12.6. The molecule has 2 rings (SSSR count). The number of thiophene rings is 1. The number of carbonyl (C=O) groups is 3. The molecule has 1 aromatic heterocycles. The predicted octanol–water partition coefficient (Wildman–Crippen LogP) is 1.90. The van der Waals surface area contributed by atoms with Crippen LogP contribution in [0.5, 0.6) is 0 Å². The molecule has 24 heavy (non-hydrogen) atoms. The molecule has 0 radical (unpaired) electrons. The van der Waals surface area contributed by atoms with Gasteiger partial charge >= 0.3 is 5.97 Å². The van der Waals surface area contributed by atoms with Crippen molar-refractivity contribution in [3.05, 3.63) is 16.0 Å². The van der Waals surface area contributed by atoms with E-state index in [0.717, 1.165) is 23.3 Å². The van der Waals surface area contributed by atoms with Gasteiger partial charge in [-0.2, -0.15) is 0 Å². The monoisotopic (exact) mass is 352 g/mol. The lowest BCUT2D eigenvalue weighted by molar-refractivity contribution is -0.313. The summed E-state index contributed by atoms with van der Waals surface area (Å²) in [4.78, 5) is 36.9. The quantitative estimate of drug-likeness (QED) is 0.817. The fraction of sp³-hybridized carbons (Fsp3) is 0.588. The largest absolute Gasteiger partial charge is 0.550 e. The van der Waals surface area contributed by atoms with Crippen molar-refractivity contribution in [2.45, 2.75) is 46.0 Å². The Bertz CT molecular complexity index is 652. The molecule has 1 aromatic rings. The van der Waals surface area contributed by atoms with Crippen LogP contribution in [0.2, 0.25) is 0 Å². The topological polar surface area (TPSA) is 95.5 Å². The zero-order chi connectivity index (χ0) is 17.9. The molecule has 1 fully saturated rings. The molecule has 7 heteroatoms. The number of nitrogens with one attached hydrogen (secondary N) is 1.